The quantitative estimate of drug-likeness (QED) is 0.823. The average Bonchev–Trinajstić information content (AvgIpc) is 3.37. The summed E-state index contributed by atoms with van der Waals surface area (Å²) in [6.07, 6.45) is 3.11. The second kappa shape index (κ2) is 7.19. The van der Waals surface area contributed by atoms with Crippen LogP contribution in [0.3, 0.4) is 0 Å². The van der Waals surface area contributed by atoms with Gasteiger partial charge in [-0.25, -0.2) is 8.42 Å². The monoisotopic (exact) mass is 416 g/mol. The maximum atomic E-state index is 13.1. The van der Waals surface area contributed by atoms with Gasteiger partial charge in [-0.2, -0.15) is 4.31 Å². The van der Waals surface area contributed by atoms with Crippen LogP contribution in [0.5, 0.6) is 17.2 Å². The van der Waals surface area contributed by atoms with Crippen LogP contribution in [-0.2, 0) is 29.4 Å². The smallest absolute Gasteiger partial charge is 0.243 e. The maximum Gasteiger partial charge on any atom is 0.243 e. The number of hydrogen-bond donors (Lipinski definition) is 1. The van der Waals surface area contributed by atoms with Crippen molar-refractivity contribution in [2.45, 2.75) is 30.7 Å². The lowest BCUT2D eigenvalue weighted by Crippen LogP contribution is -2.48. The van der Waals surface area contributed by atoms with Crippen molar-refractivity contribution in [3.8, 4) is 17.2 Å². The van der Waals surface area contributed by atoms with Gasteiger partial charge in [-0.1, -0.05) is 6.07 Å². The molecule has 0 radical (unpaired) electrons. The highest BCUT2D eigenvalue weighted by atomic mass is 32.2. The molecular formula is C21H24N2O5S. The molecule has 2 aliphatic heterocycles. The minimum absolute atomic E-state index is 0.164. The molecule has 0 spiro atoms. The number of fused-ring (bicyclic) bond motifs is 2. The highest BCUT2D eigenvalue weighted by molar-refractivity contribution is 7.89. The van der Waals surface area contributed by atoms with Gasteiger partial charge < -0.3 is 14.6 Å². The highest BCUT2D eigenvalue weighted by Crippen LogP contribution is 2.38. The van der Waals surface area contributed by atoms with Crippen LogP contribution in [0.1, 0.15) is 23.1 Å². The first-order valence-corrected chi connectivity index (χ1v) is 11.4. The fourth-order valence-electron chi connectivity index (χ4n) is 4.33. The first kappa shape index (κ1) is 18.7. The summed E-state index contributed by atoms with van der Waals surface area (Å²) in [6, 6.07) is 8.94. The van der Waals surface area contributed by atoms with Crippen LogP contribution < -0.4 is 9.47 Å². The molecule has 3 aliphatic rings. The zero-order valence-electron chi connectivity index (χ0n) is 16.1. The van der Waals surface area contributed by atoms with Crippen molar-refractivity contribution >= 4 is 10.0 Å². The Morgan fingerprint density at radius 1 is 0.931 bits per heavy atom. The van der Waals surface area contributed by atoms with E-state index >= 15 is 0 Å². The number of sulfonamides is 1. The SMILES string of the molecule is O=S(=O)(c1ccc2c(c1)CCC2)N1CCN(Cc2cc3c(cc2O)OCO3)CC1. The summed E-state index contributed by atoms with van der Waals surface area (Å²) < 4.78 is 38.4. The number of nitrogens with zero attached hydrogens (tertiary/aromatic N) is 2. The molecule has 7 nitrogen and oxygen atoms in total. The lowest BCUT2D eigenvalue weighted by Gasteiger charge is -2.34. The Labute approximate surface area is 170 Å². The summed E-state index contributed by atoms with van der Waals surface area (Å²) in [7, 11) is -3.48. The zero-order chi connectivity index (χ0) is 20.0. The van der Waals surface area contributed by atoms with E-state index in [1.165, 1.54) is 11.1 Å². The van der Waals surface area contributed by atoms with E-state index in [9.17, 15) is 13.5 Å². The van der Waals surface area contributed by atoms with Gasteiger partial charge in [-0.3, -0.25) is 4.90 Å². The molecule has 1 saturated heterocycles. The number of aryl methyl sites for hydroxylation is 2. The van der Waals surface area contributed by atoms with Gasteiger partial charge >= 0.3 is 0 Å². The summed E-state index contributed by atoms with van der Waals surface area (Å²) in [5.41, 5.74) is 3.20. The number of benzene rings is 2. The second-order valence-electron chi connectivity index (χ2n) is 7.80. The number of phenols is 1. The Morgan fingerprint density at radius 3 is 2.45 bits per heavy atom. The van der Waals surface area contributed by atoms with Gasteiger partial charge in [0.1, 0.15) is 5.75 Å². The van der Waals surface area contributed by atoms with E-state index < -0.39 is 10.0 Å². The van der Waals surface area contributed by atoms with Crippen LogP contribution in [0.2, 0.25) is 0 Å². The van der Waals surface area contributed by atoms with Gasteiger partial charge in [-0.15, -0.1) is 0 Å². The van der Waals surface area contributed by atoms with Crippen molar-refractivity contribution in [1.82, 2.24) is 9.21 Å². The molecule has 1 aliphatic carbocycles. The Kier molecular flexibility index (Phi) is 4.64. The molecule has 0 saturated carbocycles. The third-order valence-corrected chi connectivity index (χ3v) is 7.90. The predicted octanol–water partition coefficient (Wildman–Crippen LogP) is 2.12. The van der Waals surface area contributed by atoms with Crippen LogP contribution in [0, 0.1) is 0 Å². The van der Waals surface area contributed by atoms with E-state index in [-0.39, 0.29) is 12.5 Å². The van der Waals surface area contributed by atoms with Gasteiger partial charge in [0, 0.05) is 44.4 Å². The fraction of sp³-hybridized carbons (Fsp3) is 0.429. The van der Waals surface area contributed by atoms with Crippen LogP contribution in [0.25, 0.3) is 0 Å². The van der Waals surface area contributed by atoms with Crippen molar-refractivity contribution in [1.29, 1.82) is 0 Å². The molecule has 0 atom stereocenters. The lowest BCUT2D eigenvalue weighted by atomic mass is 10.1. The summed E-state index contributed by atoms with van der Waals surface area (Å²) in [6.45, 7) is 2.79. The first-order valence-electron chi connectivity index (χ1n) is 9.96. The van der Waals surface area contributed by atoms with Crippen LogP contribution in [0.4, 0.5) is 0 Å². The van der Waals surface area contributed by atoms with E-state index in [1.807, 2.05) is 12.1 Å². The average molecular weight is 416 g/mol. The maximum absolute atomic E-state index is 13.1. The topological polar surface area (TPSA) is 79.3 Å². The van der Waals surface area contributed by atoms with E-state index in [1.54, 1.807) is 22.5 Å². The molecule has 0 aromatic heterocycles. The minimum Gasteiger partial charge on any atom is -0.507 e. The van der Waals surface area contributed by atoms with Gasteiger partial charge in [-0.05, 0) is 48.6 Å². The van der Waals surface area contributed by atoms with Gasteiger partial charge in [0.25, 0.3) is 0 Å². The number of aromatic hydroxyl groups is 1. The van der Waals surface area contributed by atoms with Gasteiger partial charge in [0.15, 0.2) is 11.5 Å². The molecule has 154 valence electrons. The second-order valence-corrected chi connectivity index (χ2v) is 9.74. The third-order valence-electron chi connectivity index (χ3n) is 6.01. The zero-order valence-corrected chi connectivity index (χ0v) is 17.0. The number of piperazine rings is 1. The highest BCUT2D eigenvalue weighted by Gasteiger charge is 2.30. The van der Waals surface area contributed by atoms with Gasteiger partial charge in [0.2, 0.25) is 16.8 Å². The number of hydrogen-bond acceptors (Lipinski definition) is 6. The first-order chi connectivity index (χ1) is 14.0. The lowest BCUT2D eigenvalue weighted by molar-refractivity contribution is 0.173. The molecule has 1 fully saturated rings. The van der Waals surface area contributed by atoms with Crippen LogP contribution in [0.15, 0.2) is 35.2 Å². The predicted molar refractivity (Wildman–Crippen MR) is 107 cm³/mol. The molecular weight excluding hydrogens is 392 g/mol. The molecule has 0 bridgehead atoms. The molecule has 5 rings (SSSR count). The van der Waals surface area contributed by atoms with Crippen molar-refractivity contribution in [2.75, 3.05) is 33.0 Å². The molecule has 0 amide bonds. The molecule has 2 aromatic carbocycles. The molecule has 2 aromatic rings. The number of ether oxygens (including phenoxy) is 2. The minimum atomic E-state index is -3.48. The van der Waals surface area contributed by atoms with E-state index in [4.69, 9.17) is 9.47 Å². The summed E-state index contributed by atoms with van der Waals surface area (Å²) in [5, 5.41) is 10.2. The Morgan fingerprint density at radius 2 is 1.66 bits per heavy atom. The number of phenolic OH excluding ortho intramolecular Hbond substituents is 1. The Bertz CT molecular complexity index is 1050. The molecule has 2 heterocycles. The van der Waals surface area contributed by atoms with Crippen molar-refractivity contribution in [3.05, 3.63) is 47.0 Å². The van der Waals surface area contributed by atoms with E-state index in [0.29, 0.717) is 49.1 Å². The van der Waals surface area contributed by atoms with E-state index in [0.717, 1.165) is 24.8 Å². The molecule has 0 unspecified atom stereocenters. The summed E-state index contributed by atoms with van der Waals surface area (Å²) >= 11 is 0. The third kappa shape index (κ3) is 3.45. The normalized spacial score (nSPS) is 19.4. The van der Waals surface area contributed by atoms with E-state index in [2.05, 4.69) is 4.90 Å². The molecule has 8 heteroatoms. The summed E-state index contributed by atoms with van der Waals surface area (Å²) in [5.74, 6) is 1.36. The molecule has 29 heavy (non-hydrogen) atoms. The van der Waals surface area contributed by atoms with Crippen LogP contribution in [-0.4, -0.2) is 55.7 Å². The largest absolute Gasteiger partial charge is 0.507 e. The van der Waals surface area contributed by atoms with Crippen molar-refractivity contribution < 1.29 is 23.0 Å². The van der Waals surface area contributed by atoms with Crippen molar-refractivity contribution in [3.63, 3.8) is 0 Å². The molecule has 1 N–H and O–H groups in total. The Hall–Kier alpha value is -2.29. The summed E-state index contributed by atoms with van der Waals surface area (Å²) in [4.78, 5) is 2.55. The number of rotatable bonds is 4. The van der Waals surface area contributed by atoms with Crippen molar-refractivity contribution in [2.24, 2.45) is 0 Å². The fourth-order valence-corrected chi connectivity index (χ4v) is 5.80. The standard InChI is InChI=1S/C21H24N2O5S/c24-19-12-21-20(27-14-28-21)11-17(19)13-22-6-8-23(9-7-22)29(25,26)18-5-4-15-2-1-3-16(15)10-18/h4-5,10-12,24H,1-3,6-9,13-14H2. The van der Waals surface area contributed by atoms with Crippen LogP contribution >= 0.6 is 0 Å². The Balaban J connectivity index is 1.26. The van der Waals surface area contributed by atoms with Gasteiger partial charge in [0.05, 0.1) is 4.90 Å².